The van der Waals surface area contributed by atoms with Crippen LogP contribution in [-0.2, 0) is 17.8 Å². The van der Waals surface area contributed by atoms with Crippen LogP contribution in [0.1, 0.15) is 44.1 Å². The van der Waals surface area contributed by atoms with Crippen molar-refractivity contribution in [3.63, 3.8) is 0 Å². The van der Waals surface area contributed by atoms with Gasteiger partial charge in [0, 0.05) is 41.2 Å². The van der Waals surface area contributed by atoms with Gasteiger partial charge in [-0.25, -0.2) is 9.78 Å². The molecule has 1 amide bonds. The number of fused-ring (bicyclic) bond motifs is 1. The largest absolute Gasteiger partial charge is 0.444 e. The van der Waals surface area contributed by atoms with Crippen molar-refractivity contribution in [2.24, 2.45) is 0 Å². The van der Waals surface area contributed by atoms with Gasteiger partial charge in [-0.15, -0.1) is 11.3 Å². The van der Waals surface area contributed by atoms with Gasteiger partial charge in [-0.2, -0.15) is 13.2 Å². The van der Waals surface area contributed by atoms with Crippen LogP contribution >= 0.6 is 11.3 Å². The lowest BCUT2D eigenvalue weighted by atomic mass is 10.0. The molecule has 0 bridgehead atoms. The molecular formula is C20H26F3N3O3S. The molecule has 2 aromatic heterocycles. The average Bonchev–Trinajstić information content (AvgIpc) is 3.02. The summed E-state index contributed by atoms with van der Waals surface area (Å²) in [6, 6.07) is 1.52. The SMILES string of the molecule is CC(C)(C)OC(=O)N1CCC(Nc2c(CO)cnc3sc(CC(F)(F)F)cc23)CC1. The number of likely N-dealkylation sites (tertiary alicyclic amines) is 1. The number of hydrogen-bond acceptors (Lipinski definition) is 6. The number of halogens is 3. The molecule has 0 spiro atoms. The van der Waals surface area contributed by atoms with Gasteiger partial charge in [0.2, 0.25) is 0 Å². The predicted octanol–water partition coefficient (Wildman–Crippen LogP) is 4.70. The molecule has 3 heterocycles. The molecule has 1 fully saturated rings. The maximum absolute atomic E-state index is 12.8. The molecule has 0 unspecified atom stereocenters. The van der Waals surface area contributed by atoms with Crippen LogP contribution in [0.15, 0.2) is 12.3 Å². The first-order chi connectivity index (χ1) is 13.9. The third-order valence-electron chi connectivity index (χ3n) is 4.73. The molecule has 0 radical (unpaired) electrons. The number of anilines is 1. The first kappa shape index (κ1) is 22.6. The maximum Gasteiger partial charge on any atom is 0.410 e. The number of carbonyl (C=O) groups excluding carboxylic acids is 1. The Morgan fingerprint density at radius 3 is 2.57 bits per heavy atom. The molecule has 1 aliphatic rings. The lowest BCUT2D eigenvalue weighted by Crippen LogP contribution is -2.44. The molecule has 0 aliphatic carbocycles. The van der Waals surface area contributed by atoms with Crippen molar-refractivity contribution in [3.8, 4) is 0 Å². The minimum absolute atomic E-state index is 0.0190. The molecule has 10 heteroatoms. The number of aliphatic hydroxyl groups excluding tert-OH is 1. The molecule has 6 nitrogen and oxygen atoms in total. The van der Waals surface area contributed by atoms with Gasteiger partial charge in [-0.05, 0) is 39.7 Å². The van der Waals surface area contributed by atoms with E-state index in [1.807, 2.05) is 20.8 Å². The van der Waals surface area contributed by atoms with Gasteiger partial charge < -0.3 is 20.1 Å². The normalized spacial score (nSPS) is 16.2. The number of piperidine rings is 1. The lowest BCUT2D eigenvalue weighted by molar-refractivity contribution is -0.126. The molecule has 1 aliphatic heterocycles. The van der Waals surface area contributed by atoms with E-state index in [2.05, 4.69) is 10.3 Å². The number of ether oxygens (including phenoxy) is 1. The Morgan fingerprint density at radius 1 is 1.33 bits per heavy atom. The van der Waals surface area contributed by atoms with Crippen molar-refractivity contribution in [1.29, 1.82) is 0 Å². The van der Waals surface area contributed by atoms with Crippen molar-refractivity contribution in [2.45, 2.75) is 64.5 Å². The quantitative estimate of drug-likeness (QED) is 0.713. The minimum atomic E-state index is -4.29. The second-order valence-electron chi connectivity index (χ2n) is 8.43. The van der Waals surface area contributed by atoms with Crippen molar-refractivity contribution in [2.75, 3.05) is 18.4 Å². The fraction of sp³-hybridized carbons (Fsp3) is 0.600. The number of carbonyl (C=O) groups is 1. The van der Waals surface area contributed by atoms with Gasteiger partial charge in [0.15, 0.2) is 0 Å². The van der Waals surface area contributed by atoms with Crippen molar-refractivity contribution >= 4 is 33.3 Å². The fourth-order valence-corrected chi connectivity index (χ4v) is 4.43. The Kier molecular flexibility index (Phi) is 6.47. The Balaban J connectivity index is 1.73. The van der Waals surface area contributed by atoms with Gasteiger partial charge in [-0.3, -0.25) is 0 Å². The van der Waals surface area contributed by atoms with E-state index >= 15 is 0 Å². The zero-order chi connectivity index (χ0) is 22.1. The maximum atomic E-state index is 12.8. The highest BCUT2D eigenvalue weighted by atomic mass is 32.1. The molecule has 0 atom stereocenters. The van der Waals surface area contributed by atoms with Crippen LogP contribution in [0.25, 0.3) is 10.2 Å². The number of nitrogens with one attached hydrogen (secondary N) is 1. The molecule has 30 heavy (non-hydrogen) atoms. The second kappa shape index (κ2) is 8.58. The summed E-state index contributed by atoms with van der Waals surface area (Å²) in [6.07, 6.45) is -2.83. The van der Waals surface area contributed by atoms with E-state index in [1.165, 1.54) is 12.3 Å². The molecule has 1 saturated heterocycles. The third kappa shape index (κ3) is 5.75. The smallest absolute Gasteiger partial charge is 0.410 e. The number of pyridine rings is 1. The number of aliphatic hydroxyl groups is 1. The number of hydrogen-bond donors (Lipinski definition) is 2. The van der Waals surface area contributed by atoms with Crippen LogP contribution in [0, 0.1) is 0 Å². The van der Waals surface area contributed by atoms with Gasteiger partial charge in [0.1, 0.15) is 10.4 Å². The van der Waals surface area contributed by atoms with Gasteiger partial charge in [0.05, 0.1) is 18.7 Å². The number of amides is 1. The molecule has 2 aromatic rings. The van der Waals surface area contributed by atoms with E-state index < -0.39 is 18.2 Å². The van der Waals surface area contributed by atoms with Crippen LogP contribution in [0.4, 0.5) is 23.7 Å². The van der Waals surface area contributed by atoms with Crippen molar-refractivity contribution < 1.29 is 27.8 Å². The van der Waals surface area contributed by atoms with E-state index in [0.717, 1.165) is 11.3 Å². The Bertz CT molecular complexity index is 900. The van der Waals surface area contributed by atoms with Crippen LogP contribution in [-0.4, -0.2) is 52.0 Å². The molecule has 3 rings (SSSR count). The van der Waals surface area contributed by atoms with E-state index in [-0.39, 0.29) is 23.6 Å². The van der Waals surface area contributed by atoms with Gasteiger partial charge >= 0.3 is 12.3 Å². The summed E-state index contributed by atoms with van der Waals surface area (Å²) in [5, 5.41) is 13.7. The lowest BCUT2D eigenvalue weighted by Gasteiger charge is -2.34. The van der Waals surface area contributed by atoms with E-state index in [4.69, 9.17) is 4.74 Å². The highest BCUT2D eigenvalue weighted by Gasteiger charge is 2.30. The van der Waals surface area contributed by atoms with E-state index in [1.54, 1.807) is 4.90 Å². The summed E-state index contributed by atoms with van der Waals surface area (Å²) in [4.78, 5) is 18.8. The Morgan fingerprint density at radius 2 is 2.00 bits per heavy atom. The molecule has 0 saturated carbocycles. The van der Waals surface area contributed by atoms with Crippen LogP contribution in [0.3, 0.4) is 0 Å². The monoisotopic (exact) mass is 445 g/mol. The Labute approximate surface area is 177 Å². The third-order valence-corrected chi connectivity index (χ3v) is 5.77. The number of alkyl halides is 3. The Hall–Kier alpha value is -2.07. The molecular weight excluding hydrogens is 419 g/mol. The fourth-order valence-electron chi connectivity index (χ4n) is 3.39. The summed E-state index contributed by atoms with van der Waals surface area (Å²) in [7, 11) is 0. The highest BCUT2D eigenvalue weighted by molar-refractivity contribution is 7.18. The molecule has 0 aromatic carbocycles. The standard InChI is InChI=1S/C20H26F3N3O3S/c1-19(2,3)29-18(28)26-6-4-13(5-7-26)25-16-12(11-27)10-24-17-15(16)8-14(30-17)9-20(21,22)23/h8,10,13,27H,4-7,9,11H2,1-3H3,(H,24,25). The highest BCUT2D eigenvalue weighted by Crippen LogP contribution is 2.36. The summed E-state index contributed by atoms with van der Waals surface area (Å²) in [5.41, 5.74) is 0.592. The van der Waals surface area contributed by atoms with E-state index in [0.29, 0.717) is 47.4 Å². The second-order valence-corrected chi connectivity index (χ2v) is 9.54. The van der Waals surface area contributed by atoms with Crippen LogP contribution < -0.4 is 5.32 Å². The first-order valence-electron chi connectivity index (χ1n) is 9.77. The van der Waals surface area contributed by atoms with Crippen molar-refractivity contribution in [3.05, 3.63) is 22.7 Å². The van der Waals surface area contributed by atoms with Crippen molar-refractivity contribution in [1.82, 2.24) is 9.88 Å². The first-order valence-corrected chi connectivity index (χ1v) is 10.6. The topological polar surface area (TPSA) is 74.7 Å². The summed E-state index contributed by atoms with van der Waals surface area (Å²) >= 11 is 1.01. The number of rotatable bonds is 4. The number of aromatic nitrogens is 1. The predicted molar refractivity (Wildman–Crippen MR) is 110 cm³/mol. The number of nitrogens with zero attached hydrogens (tertiary/aromatic N) is 2. The summed E-state index contributed by atoms with van der Waals surface area (Å²) in [5.74, 6) is 0. The van der Waals surface area contributed by atoms with Gasteiger partial charge in [0.25, 0.3) is 0 Å². The van der Waals surface area contributed by atoms with Gasteiger partial charge in [-0.1, -0.05) is 0 Å². The van der Waals surface area contributed by atoms with Crippen LogP contribution in [0.5, 0.6) is 0 Å². The van der Waals surface area contributed by atoms with Crippen LogP contribution in [0.2, 0.25) is 0 Å². The molecule has 166 valence electrons. The zero-order valence-corrected chi connectivity index (χ0v) is 18.0. The average molecular weight is 446 g/mol. The van der Waals surface area contributed by atoms with E-state index in [9.17, 15) is 23.1 Å². The summed E-state index contributed by atoms with van der Waals surface area (Å²) < 4.78 is 43.7. The molecule has 2 N–H and O–H groups in total. The zero-order valence-electron chi connectivity index (χ0n) is 17.2. The summed E-state index contributed by atoms with van der Waals surface area (Å²) in [6.45, 7) is 6.21. The number of thiophene rings is 1. The minimum Gasteiger partial charge on any atom is -0.444 e.